The van der Waals surface area contributed by atoms with Gasteiger partial charge >= 0.3 is 0 Å². The number of rotatable bonds is 5. The molecule has 0 amide bonds. The second-order valence-electron chi connectivity index (χ2n) is 4.71. The Bertz CT molecular complexity index is 650. The monoisotopic (exact) mass is 346 g/mol. The van der Waals surface area contributed by atoms with E-state index in [2.05, 4.69) is 46.8 Å². The molecule has 0 aliphatic rings. The average molecular weight is 347 g/mol. The molecule has 0 fully saturated rings. The van der Waals surface area contributed by atoms with Crippen molar-refractivity contribution in [1.82, 2.24) is 0 Å². The van der Waals surface area contributed by atoms with Gasteiger partial charge in [0.25, 0.3) is 0 Å². The van der Waals surface area contributed by atoms with Crippen molar-refractivity contribution < 1.29 is 9.47 Å². The zero-order valence-corrected chi connectivity index (χ0v) is 13.9. The Kier molecular flexibility index (Phi) is 6.25. The van der Waals surface area contributed by atoms with Crippen LogP contribution in [0.2, 0.25) is 0 Å². The van der Waals surface area contributed by atoms with Crippen LogP contribution in [-0.2, 0) is 9.47 Å². The van der Waals surface area contributed by atoms with Gasteiger partial charge in [-0.2, -0.15) is 0 Å². The van der Waals surface area contributed by atoms with E-state index in [0.29, 0.717) is 6.61 Å². The number of methoxy groups -OCH3 is 1. The van der Waals surface area contributed by atoms with Crippen molar-refractivity contribution in [1.29, 1.82) is 0 Å². The Labute approximate surface area is 134 Å². The normalized spacial score (nSPS) is 12.0. The van der Waals surface area contributed by atoms with E-state index in [9.17, 15) is 0 Å². The van der Waals surface area contributed by atoms with E-state index in [1.54, 1.807) is 7.11 Å². The molecule has 0 heterocycles. The molecule has 2 nitrogen and oxygen atoms in total. The lowest BCUT2D eigenvalue weighted by atomic mass is 10.1. The zero-order chi connectivity index (χ0) is 15.1. The molecule has 110 valence electrons. The molecule has 21 heavy (non-hydrogen) atoms. The number of ether oxygens (including phenoxy) is 2. The Hall–Kier alpha value is -1.34. The number of hydrogen-bond donors (Lipinski definition) is 0. The van der Waals surface area contributed by atoms with Crippen LogP contribution < -0.4 is 0 Å². The highest BCUT2D eigenvalue weighted by Gasteiger charge is 2.04. The van der Waals surface area contributed by atoms with Gasteiger partial charge in [-0.05, 0) is 23.9 Å². The summed E-state index contributed by atoms with van der Waals surface area (Å²) < 4.78 is 11.9. The van der Waals surface area contributed by atoms with Gasteiger partial charge < -0.3 is 9.47 Å². The fourth-order valence-electron chi connectivity index (χ4n) is 2.17. The first-order valence-corrected chi connectivity index (χ1v) is 7.86. The van der Waals surface area contributed by atoms with Crippen LogP contribution in [-0.4, -0.2) is 20.0 Å². The van der Waals surface area contributed by atoms with Crippen molar-refractivity contribution in [2.24, 2.45) is 0 Å². The molecule has 3 heteroatoms. The first-order chi connectivity index (χ1) is 10.3. The molecule has 2 rings (SSSR count). The van der Waals surface area contributed by atoms with Gasteiger partial charge in [-0.25, -0.2) is 0 Å². The fourth-order valence-corrected chi connectivity index (χ4v) is 2.77. The highest BCUT2D eigenvalue weighted by molar-refractivity contribution is 9.10. The van der Waals surface area contributed by atoms with Gasteiger partial charge in [0, 0.05) is 22.5 Å². The van der Waals surface area contributed by atoms with Crippen LogP contribution in [0.25, 0.3) is 10.8 Å². The van der Waals surface area contributed by atoms with Gasteiger partial charge in [-0.15, -0.1) is 0 Å². The first-order valence-electron chi connectivity index (χ1n) is 7.06. The van der Waals surface area contributed by atoms with E-state index in [1.807, 2.05) is 24.3 Å². The SMILES string of the molecule is CCCC(OC)OCC#Cc1cccc2cccc(Br)c12. The molecule has 0 saturated heterocycles. The third-order valence-corrected chi connectivity index (χ3v) is 3.87. The lowest BCUT2D eigenvalue weighted by Crippen LogP contribution is -2.14. The van der Waals surface area contributed by atoms with Crippen LogP contribution in [0, 0.1) is 11.8 Å². The van der Waals surface area contributed by atoms with Gasteiger partial charge in [0.1, 0.15) is 6.61 Å². The van der Waals surface area contributed by atoms with Crippen LogP contribution in [0.15, 0.2) is 40.9 Å². The van der Waals surface area contributed by atoms with E-state index in [4.69, 9.17) is 9.47 Å². The summed E-state index contributed by atoms with van der Waals surface area (Å²) in [6, 6.07) is 12.3. The average Bonchev–Trinajstić information content (AvgIpc) is 2.50. The largest absolute Gasteiger partial charge is 0.356 e. The molecule has 0 aromatic heterocycles. The van der Waals surface area contributed by atoms with Gasteiger partial charge in [-0.3, -0.25) is 0 Å². The summed E-state index contributed by atoms with van der Waals surface area (Å²) in [5.41, 5.74) is 1.01. The minimum absolute atomic E-state index is 0.163. The predicted molar refractivity (Wildman–Crippen MR) is 90.2 cm³/mol. The Morgan fingerprint density at radius 1 is 1.19 bits per heavy atom. The van der Waals surface area contributed by atoms with E-state index in [-0.39, 0.29) is 6.29 Å². The maximum atomic E-state index is 5.59. The highest BCUT2D eigenvalue weighted by Crippen LogP contribution is 2.26. The van der Waals surface area contributed by atoms with Crippen molar-refractivity contribution in [3.8, 4) is 11.8 Å². The van der Waals surface area contributed by atoms with E-state index in [0.717, 1.165) is 28.3 Å². The molecule has 0 radical (unpaired) electrons. The summed E-state index contributed by atoms with van der Waals surface area (Å²) in [6.07, 6.45) is 1.75. The summed E-state index contributed by atoms with van der Waals surface area (Å²) in [5.74, 6) is 6.26. The highest BCUT2D eigenvalue weighted by atomic mass is 79.9. The molecule has 0 aliphatic heterocycles. The van der Waals surface area contributed by atoms with Crippen molar-refractivity contribution in [2.75, 3.05) is 13.7 Å². The van der Waals surface area contributed by atoms with Crippen LogP contribution in [0.1, 0.15) is 25.3 Å². The maximum Gasteiger partial charge on any atom is 0.158 e. The molecule has 2 aromatic rings. The minimum Gasteiger partial charge on any atom is -0.356 e. The molecule has 0 N–H and O–H groups in total. The third-order valence-electron chi connectivity index (χ3n) is 3.21. The molecule has 1 atom stereocenters. The lowest BCUT2D eigenvalue weighted by Gasteiger charge is -2.12. The van der Waals surface area contributed by atoms with E-state index < -0.39 is 0 Å². The van der Waals surface area contributed by atoms with Crippen molar-refractivity contribution in [2.45, 2.75) is 26.1 Å². The van der Waals surface area contributed by atoms with Crippen molar-refractivity contribution in [3.63, 3.8) is 0 Å². The minimum atomic E-state index is -0.163. The standard InChI is InChI=1S/C18H19BrO2/c1-3-7-17(20-2)21-13-6-11-15-9-4-8-14-10-5-12-16(19)18(14)15/h4-5,8-10,12,17H,3,7,13H2,1-2H3. The summed E-state index contributed by atoms with van der Waals surface area (Å²) in [4.78, 5) is 0. The maximum absolute atomic E-state index is 5.59. The molecule has 0 saturated carbocycles. The second-order valence-corrected chi connectivity index (χ2v) is 5.56. The van der Waals surface area contributed by atoms with E-state index >= 15 is 0 Å². The second kappa shape index (κ2) is 8.19. The number of halogens is 1. The molecule has 0 bridgehead atoms. The van der Waals surface area contributed by atoms with Crippen LogP contribution >= 0.6 is 15.9 Å². The molecular formula is C18H19BrO2. The van der Waals surface area contributed by atoms with Crippen LogP contribution in [0.3, 0.4) is 0 Å². The molecule has 0 aliphatic carbocycles. The van der Waals surface area contributed by atoms with Gasteiger partial charge in [0.05, 0.1) is 0 Å². The lowest BCUT2D eigenvalue weighted by molar-refractivity contribution is -0.117. The quantitative estimate of drug-likeness (QED) is 0.574. The third kappa shape index (κ3) is 4.31. The zero-order valence-electron chi connectivity index (χ0n) is 12.4. The van der Waals surface area contributed by atoms with Crippen LogP contribution in [0.5, 0.6) is 0 Å². The summed E-state index contributed by atoms with van der Waals surface area (Å²) >= 11 is 3.59. The Morgan fingerprint density at radius 2 is 1.95 bits per heavy atom. The molecule has 0 spiro atoms. The van der Waals surface area contributed by atoms with E-state index in [1.165, 1.54) is 5.39 Å². The fraction of sp³-hybridized carbons (Fsp3) is 0.333. The topological polar surface area (TPSA) is 18.5 Å². The Balaban J connectivity index is 2.12. The number of benzene rings is 2. The number of fused-ring (bicyclic) bond motifs is 1. The van der Waals surface area contributed by atoms with Gasteiger partial charge in [0.15, 0.2) is 6.29 Å². The van der Waals surface area contributed by atoms with Gasteiger partial charge in [-0.1, -0.05) is 65.4 Å². The van der Waals surface area contributed by atoms with Crippen LogP contribution in [0.4, 0.5) is 0 Å². The number of hydrogen-bond acceptors (Lipinski definition) is 2. The van der Waals surface area contributed by atoms with Gasteiger partial charge in [0.2, 0.25) is 0 Å². The summed E-state index contributed by atoms with van der Waals surface area (Å²) in [7, 11) is 1.66. The molecule has 2 aromatic carbocycles. The van der Waals surface area contributed by atoms with Crippen molar-refractivity contribution >= 4 is 26.7 Å². The van der Waals surface area contributed by atoms with Crippen molar-refractivity contribution in [3.05, 3.63) is 46.4 Å². The smallest absolute Gasteiger partial charge is 0.158 e. The predicted octanol–water partition coefficient (Wildman–Crippen LogP) is 4.74. The Morgan fingerprint density at radius 3 is 2.67 bits per heavy atom. The summed E-state index contributed by atoms with van der Waals surface area (Å²) in [6.45, 7) is 2.48. The first kappa shape index (κ1) is 16.0. The molecule has 1 unspecified atom stereocenters. The molecular weight excluding hydrogens is 328 g/mol. The summed E-state index contributed by atoms with van der Waals surface area (Å²) in [5, 5.41) is 2.32.